The SMILES string of the molecule is CC1CCN(Cc2ccnc(CC=C(O)CNC(=O)CS(=O)(=O)Cc3ccoc3)c2)CC1. The van der Waals surface area contributed by atoms with Crippen molar-refractivity contribution in [2.24, 2.45) is 5.92 Å². The van der Waals surface area contributed by atoms with Crippen LogP contribution in [0.2, 0.25) is 0 Å². The van der Waals surface area contributed by atoms with E-state index in [2.05, 4.69) is 22.1 Å². The molecule has 0 saturated carbocycles. The fourth-order valence-electron chi connectivity index (χ4n) is 3.63. The zero-order valence-electron chi connectivity index (χ0n) is 18.4. The Morgan fingerprint density at radius 2 is 2.09 bits per heavy atom. The number of aliphatic hydroxyl groups is 1. The molecule has 2 aromatic rings. The second kappa shape index (κ2) is 11.3. The molecule has 3 rings (SSSR count). The summed E-state index contributed by atoms with van der Waals surface area (Å²) in [5.41, 5.74) is 2.51. The maximum Gasteiger partial charge on any atom is 0.235 e. The van der Waals surface area contributed by atoms with Gasteiger partial charge in [-0.15, -0.1) is 0 Å². The first-order chi connectivity index (χ1) is 15.3. The lowest BCUT2D eigenvalue weighted by molar-refractivity contribution is -0.118. The van der Waals surface area contributed by atoms with Crippen LogP contribution < -0.4 is 5.32 Å². The molecule has 0 bridgehead atoms. The fourth-order valence-corrected chi connectivity index (χ4v) is 4.91. The van der Waals surface area contributed by atoms with E-state index in [0.717, 1.165) is 31.2 Å². The van der Waals surface area contributed by atoms with Crippen LogP contribution in [0, 0.1) is 5.92 Å². The number of amides is 1. The first-order valence-corrected chi connectivity index (χ1v) is 12.6. The third-order valence-electron chi connectivity index (χ3n) is 5.49. The summed E-state index contributed by atoms with van der Waals surface area (Å²) in [4.78, 5) is 18.7. The van der Waals surface area contributed by atoms with Crippen LogP contribution in [0.15, 0.2) is 53.2 Å². The molecule has 1 amide bonds. The lowest BCUT2D eigenvalue weighted by Gasteiger charge is -2.30. The van der Waals surface area contributed by atoms with Crippen LogP contribution >= 0.6 is 0 Å². The number of hydrogen-bond acceptors (Lipinski definition) is 7. The standard InChI is InChI=1S/C23H31N3O5S/c1-18-5-9-26(10-6-18)14-19-4-8-24-21(12-19)2-3-22(27)13-25-23(28)17-32(29,30)16-20-7-11-31-15-20/h3-4,7-8,11-12,15,18,27H,2,5-6,9-10,13-14,16-17H2,1H3,(H,25,28). The van der Waals surface area contributed by atoms with Crippen molar-refractivity contribution in [2.75, 3.05) is 25.4 Å². The molecule has 8 nitrogen and oxygen atoms in total. The van der Waals surface area contributed by atoms with Crippen molar-refractivity contribution in [2.45, 2.75) is 38.5 Å². The quantitative estimate of drug-likeness (QED) is 0.523. The Balaban J connectivity index is 1.43. The number of likely N-dealkylation sites (tertiary alicyclic amines) is 1. The molecular weight excluding hydrogens is 430 g/mol. The molecule has 0 aliphatic carbocycles. The van der Waals surface area contributed by atoms with Gasteiger partial charge in [-0.05, 0) is 61.7 Å². The molecule has 1 saturated heterocycles. The number of aromatic nitrogens is 1. The number of allylic oxidation sites excluding steroid dienone is 1. The summed E-state index contributed by atoms with van der Waals surface area (Å²) in [7, 11) is -3.61. The normalized spacial score (nSPS) is 16.2. The summed E-state index contributed by atoms with van der Waals surface area (Å²) < 4.78 is 29.0. The molecule has 0 aromatic carbocycles. The monoisotopic (exact) mass is 461 g/mol. The topological polar surface area (TPSA) is 113 Å². The zero-order valence-corrected chi connectivity index (χ0v) is 19.2. The third kappa shape index (κ3) is 8.12. The summed E-state index contributed by atoms with van der Waals surface area (Å²) >= 11 is 0. The van der Waals surface area contributed by atoms with Gasteiger partial charge in [-0.3, -0.25) is 14.7 Å². The van der Waals surface area contributed by atoms with Crippen LogP contribution in [0.25, 0.3) is 0 Å². The van der Waals surface area contributed by atoms with Crippen molar-refractivity contribution >= 4 is 15.7 Å². The van der Waals surface area contributed by atoms with E-state index in [0.29, 0.717) is 12.0 Å². The number of sulfone groups is 1. The molecule has 1 aliphatic rings. The number of nitrogens with zero attached hydrogens (tertiary/aromatic N) is 2. The van der Waals surface area contributed by atoms with Gasteiger partial charge in [-0.25, -0.2) is 8.42 Å². The number of aliphatic hydroxyl groups excluding tert-OH is 1. The average Bonchev–Trinajstić information content (AvgIpc) is 3.24. The predicted molar refractivity (Wildman–Crippen MR) is 122 cm³/mol. The maximum atomic E-state index is 12.1. The van der Waals surface area contributed by atoms with Crippen LogP contribution in [-0.2, 0) is 33.4 Å². The first-order valence-electron chi connectivity index (χ1n) is 10.8. The lowest BCUT2D eigenvalue weighted by atomic mass is 9.99. The Morgan fingerprint density at radius 1 is 1.31 bits per heavy atom. The fraction of sp³-hybridized carbons (Fsp3) is 0.478. The second-order valence-electron chi connectivity index (χ2n) is 8.45. The minimum absolute atomic E-state index is 0.0391. The first kappa shape index (κ1) is 24.0. The van der Waals surface area contributed by atoms with E-state index in [-0.39, 0.29) is 18.1 Å². The maximum absolute atomic E-state index is 12.1. The van der Waals surface area contributed by atoms with Crippen molar-refractivity contribution < 1.29 is 22.7 Å². The van der Waals surface area contributed by atoms with E-state index >= 15 is 0 Å². The van der Waals surface area contributed by atoms with Crippen LogP contribution in [0.5, 0.6) is 0 Å². The Kier molecular flexibility index (Phi) is 8.46. The number of carbonyl (C=O) groups excluding carboxylic acids is 1. The van der Waals surface area contributed by atoms with Gasteiger partial charge < -0.3 is 14.8 Å². The number of carbonyl (C=O) groups is 1. The van der Waals surface area contributed by atoms with E-state index in [1.165, 1.54) is 30.9 Å². The van der Waals surface area contributed by atoms with Gasteiger partial charge in [0.2, 0.25) is 5.91 Å². The van der Waals surface area contributed by atoms with E-state index in [9.17, 15) is 18.3 Å². The average molecular weight is 462 g/mol. The number of pyridine rings is 1. The molecule has 0 spiro atoms. The number of rotatable bonds is 10. The molecule has 9 heteroatoms. The molecule has 1 fully saturated rings. The Labute approximate surface area is 189 Å². The highest BCUT2D eigenvalue weighted by Gasteiger charge is 2.18. The van der Waals surface area contributed by atoms with Gasteiger partial charge >= 0.3 is 0 Å². The van der Waals surface area contributed by atoms with Gasteiger partial charge in [0.25, 0.3) is 0 Å². The highest BCUT2D eigenvalue weighted by Crippen LogP contribution is 2.18. The van der Waals surface area contributed by atoms with Gasteiger partial charge in [0.05, 0.1) is 24.8 Å². The molecule has 3 heterocycles. The molecule has 0 atom stereocenters. The summed E-state index contributed by atoms with van der Waals surface area (Å²) in [5.74, 6) is -0.821. The van der Waals surface area contributed by atoms with Crippen LogP contribution in [0.4, 0.5) is 0 Å². The third-order valence-corrected chi connectivity index (χ3v) is 6.97. The molecular formula is C23H31N3O5S. The molecule has 0 radical (unpaired) electrons. The van der Waals surface area contributed by atoms with Gasteiger partial charge in [-0.2, -0.15) is 0 Å². The molecule has 174 valence electrons. The van der Waals surface area contributed by atoms with Crippen molar-refractivity contribution in [3.05, 3.63) is 65.6 Å². The summed E-state index contributed by atoms with van der Waals surface area (Å²) in [6, 6.07) is 5.58. The predicted octanol–water partition coefficient (Wildman–Crippen LogP) is 2.62. The van der Waals surface area contributed by atoms with Gasteiger partial charge in [0, 0.05) is 30.4 Å². The number of hydrogen-bond donors (Lipinski definition) is 2. The highest BCUT2D eigenvalue weighted by molar-refractivity contribution is 7.91. The van der Waals surface area contributed by atoms with Gasteiger partial charge in [0.15, 0.2) is 9.84 Å². The van der Waals surface area contributed by atoms with Crippen molar-refractivity contribution in [1.29, 1.82) is 0 Å². The largest absolute Gasteiger partial charge is 0.511 e. The smallest absolute Gasteiger partial charge is 0.235 e. The minimum Gasteiger partial charge on any atom is -0.511 e. The van der Waals surface area contributed by atoms with Gasteiger partial charge in [0.1, 0.15) is 11.5 Å². The lowest BCUT2D eigenvalue weighted by Crippen LogP contribution is -2.32. The minimum atomic E-state index is -3.61. The second-order valence-corrected chi connectivity index (χ2v) is 10.5. The van der Waals surface area contributed by atoms with Crippen LogP contribution in [-0.4, -0.2) is 54.7 Å². The van der Waals surface area contributed by atoms with Gasteiger partial charge in [-0.1, -0.05) is 6.92 Å². The van der Waals surface area contributed by atoms with Crippen molar-refractivity contribution in [3.8, 4) is 0 Å². The number of piperidine rings is 1. The van der Waals surface area contributed by atoms with Crippen molar-refractivity contribution in [1.82, 2.24) is 15.2 Å². The zero-order chi connectivity index (χ0) is 23.0. The van der Waals surface area contributed by atoms with E-state index in [4.69, 9.17) is 4.42 Å². The summed E-state index contributed by atoms with van der Waals surface area (Å²) in [5, 5.41) is 12.5. The molecule has 2 aromatic heterocycles. The Bertz CT molecular complexity index is 1010. The molecule has 2 N–H and O–H groups in total. The van der Waals surface area contributed by atoms with E-state index in [1.807, 2.05) is 12.1 Å². The summed E-state index contributed by atoms with van der Waals surface area (Å²) in [6.07, 6.45) is 8.94. The molecule has 0 unspecified atom stereocenters. The van der Waals surface area contributed by atoms with Crippen LogP contribution in [0.3, 0.4) is 0 Å². The van der Waals surface area contributed by atoms with Crippen molar-refractivity contribution in [3.63, 3.8) is 0 Å². The van der Waals surface area contributed by atoms with Crippen LogP contribution in [0.1, 0.15) is 36.6 Å². The highest BCUT2D eigenvalue weighted by atomic mass is 32.2. The molecule has 1 aliphatic heterocycles. The Morgan fingerprint density at radius 3 is 2.81 bits per heavy atom. The Hall–Kier alpha value is -2.65. The van der Waals surface area contributed by atoms with E-state index in [1.54, 1.807) is 18.3 Å². The summed E-state index contributed by atoms with van der Waals surface area (Å²) in [6.45, 7) is 5.27. The number of furan rings is 1. The molecule has 32 heavy (non-hydrogen) atoms. The van der Waals surface area contributed by atoms with E-state index < -0.39 is 21.5 Å². The number of nitrogens with one attached hydrogen (secondary N) is 1.